The first-order chi connectivity index (χ1) is 13.2. The Hall–Kier alpha value is -2.63. The van der Waals surface area contributed by atoms with Crippen LogP contribution in [0.15, 0.2) is 54.6 Å². The highest BCUT2D eigenvalue weighted by atomic mass is 16.5. The van der Waals surface area contributed by atoms with Crippen LogP contribution in [0.2, 0.25) is 0 Å². The first kappa shape index (κ1) is 19.1. The molecule has 2 aromatic carbocycles. The second-order valence-electron chi connectivity index (χ2n) is 6.43. The lowest BCUT2D eigenvalue weighted by Crippen LogP contribution is -2.37. The molecule has 3 rings (SSSR count). The summed E-state index contributed by atoms with van der Waals surface area (Å²) in [6.07, 6.45) is 0.335. The van der Waals surface area contributed by atoms with Crippen LogP contribution in [0.1, 0.15) is 5.56 Å². The van der Waals surface area contributed by atoms with E-state index in [0.717, 1.165) is 27.7 Å². The number of carbonyl (C=O) groups is 1. The van der Waals surface area contributed by atoms with E-state index in [-0.39, 0.29) is 5.91 Å². The number of methoxy groups -OCH3 is 2. The minimum Gasteiger partial charge on any atom is -0.383 e. The highest BCUT2D eigenvalue weighted by Crippen LogP contribution is 2.31. The van der Waals surface area contributed by atoms with Gasteiger partial charge in [0.25, 0.3) is 0 Å². The van der Waals surface area contributed by atoms with Crippen LogP contribution in [-0.4, -0.2) is 56.3 Å². The maximum atomic E-state index is 13.1. The number of nitrogens with one attached hydrogen (secondary N) is 1. The average molecular weight is 366 g/mol. The van der Waals surface area contributed by atoms with Gasteiger partial charge in [-0.25, -0.2) is 0 Å². The molecule has 0 saturated carbocycles. The van der Waals surface area contributed by atoms with Gasteiger partial charge in [-0.2, -0.15) is 0 Å². The lowest BCUT2D eigenvalue weighted by Gasteiger charge is -2.22. The van der Waals surface area contributed by atoms with Crippen molar-refractivity contribution in [1.29, 1.82) is 0 Å². The molecule has 0 bridgehead atoms. The fourth-order valence-electron chi connectivity index (χ4n) is 3.26. The average Bonchev–Trinajstić information content (AvgIpc) is 3.07. The summed E-state index contributed by atoms with van der Waals surface area (Å²) >= 11 is 0. The summed E-state index contributed by atoms with van der Waals surface area (Å²) in [5, 5.41) is 1.09. The molecule has 0 radical (unpaired) electrons. The van der Waals surface area contributed by atoms with Gasteiger partial charge in [-0.15, -0.1) is 0 Å². The highest BCUT2D eigenvalue weighted by molar-refractivity contribution is 5.95. The summed E-state index contributed by atoms with van der Waals surface area (Å²) in [7, 11) is 3.29. The Labute approximate surface area is 159 Å². The topological polar surface area (TPSA) is 54.6 Å². The van der Waals surface area contributed by atoms with Crippen molar-refractivity contribution < 1.29 is 14.3 Å². The van der Waals surface area contributed by atoms with Gasteiger partial charge in [0.15, 0.2) is 0 Å². The van der Waals surface area contributed by atoms with Crippen molar-refractivity contribution in [2.75, 3.05) is 40.5 Å². The monoisotopic (exact) mass is 366 g/mol. The molecule has 1 amide bonds. The molecule has 0 spiro atoms. The van der Waals surface area contributed by atoms with E-state index < -0.39 is 0 Å². The standard InChI is InChI=1S/C22H26N2O3/c1-26-14-12-24(13-15-27-2)21(25)16-19-18-10-6-7-11-20(18)23-22(19)17-8-4-3-5-9-17/h3-11,23H,12-16H2,1-2H3. The molecule has 0 aliphatic carbocycles. The number of aromatic amines is 1. The highest BCUT2D eigenvalue weighted by Gasteiger charge is 2.19. The van der Waals surface area contributed by atoms with E-state index in [1.807, 2.05) is 41.3 Å². The fourth-order valence-corrected chi connectivity index (χ4v) is 3.26. The largest absolute Gasteiger partial charge is 0.383 e. The number of fused-ring (bicyclic) bond motifs is 1. The second kappa shape index (κ2) is 9.35. The first-order valence-corrected chi connectivity index (χ1v) is 9.15. The van der Waals surface area contributed by atoms with Gasteiger partial charge >= 0.3 is 0 Å². The number of hydrogen-bond acceptors (Lipinski definition) is 3. The summed E-state index contributed by atoms with van der Waals surface area (Å²) in [6.45, 7) is 2.13. The van der Waals surface area contributed by atoms with Crippen LogP contribution in [0.5, 0.6) is 0 Å². The summed E-state index contributed by atoms with van der Waals surface area (Å²) in [5.41, 5.74) is 4.15. The molecule has 3 aromatic rings. The molecule has 1 aromatic heterocycles. The van der Waals surface area contributed by atoms with Gasteiger partial charge in [-0.05, 0) is 17.2 Å². The Morgan fingerprint density at radius 2 is 1.56 bits per heavy atom. The summed E-state index contributed by atoms with van der Waals surface area (Å²) in [4.78, 5) is 18.4. The predicted molar refractivity (Wildman–Crippen MR) is 108 cm³/mol. The number of para-hydroxylation sites is 1. The van der Waals surface area contributed by atoms with Crippen LogP contribution in [0.4, 0.5) is 0 Å². The lowest BCUT2D eigenvalue weighted by molar-refractivity contribution is -0.131. The van der Waals surface area contributed by atoms with Crippen molar-refractivity contribution in [3.63, 3.8) is 0 Å². The van der Waals surface area contributed by atoms with Crippen LogP contribution in [0.3, 0.4) is 0 Å². The Morgan fingerprint density at radius 3 is 2.22 bits per heavy atom. The summed E-state index contributed by atoms with van der Waals surface area (Å²) in [5.74, 6) is 0.0750. The van der Waals surface area contributed by atoms with Crippen LogP contribution < -0.4 is 0 Å². The molecule has 1 N–H and O–H groups in total. The zero-order valence-electron chi connectivity index (χ0n) is 15.9. The third-order valence-corrected chi connectivity index (χ3v) is 4.69. The molecule has 1 heterocycles. The van der Waals surface area contributed by atoms with Gasteiger partial charge in [-0.1, -0.05) is 48.5 Å². The number of ether oxygens (including phenoxy) is 2. The molecule has 0 aliphatic heterocycles. The number of amides is 1. The Balaban J connectivity index is 1.93. The molecule has 5 nitrogen and oxygen atoms in total. The summed E-state index contributed by atoms with van der Waals surface area (Å²) in [6, 6.07) is 18.3. The van der Waals surface area contributed by atoms with Crippen molar-refractivity contribution in [1.82, 2.24) is 9.88 Å². The molecule has 0 saturated heterocycles. The van der Waals surface area contributed by atoms with Gasteiger partial charge in [-0.3, -0.25) is 4.79 Å². The van der Waals surface area contributed by atoms with Gasteiger partial charge in [0.1, 0.15) is 0 Å². The number of benzene rings is 2. The number of nitrogens with zero attached hydrogens (tertiary/aromatic N) is 1. The van der Waals surface area contributed by atoms with E-state index in [2.05, 4.69) is 23.2 Å². The molecule has 142 valence electrons. The maximum absolute atomic E-state index is 13.1. The smallest absolute Gasteiger partial charge is 0.227 e. The molecule has 0 unspecified atom stereocenters. The van der Waals surface area contributed by atoms with Gasteiger partial charge < -0.3 is 19.4 Å². The Kier molecular flexibility index (Phi) is 6.63. The zero-order chi connectivity index (χ0) is 19.1. The van der Waals surface area contributed by atoms with E-state index in [9.17, 15) is 4.79 Å². The van der Waals surface area contributed by atoms with E-state index in [1.54, 1.807) is 14.2 Å². The molecule has 0 atom stereocenters. The van der Waals surface area contributed by atoms with Gasteiger partial charge in [0.2, 0.25) is 5.91 Å². The second-order valence-corrected chi connectivity index (χ2v) is 6.43. The van der Waals surface area contributed by atoms with Crippen LogP contribution in [0, 0.1) is 0 Å². The zero-order valence-corrected chi connectivity index (χ0v) is 15.9. The van der Waals surface area contributed by atoms with Crippen molar-refractivity contribution in [2.45, 2.75) is 6.42 Å². The first-order valence-electron chi connectivity index (χ1n) is 9.15. The van der Waals surface area contributed by atoms with Gasteiger partial charge in [0, 0.05) is 38.2 Å². The molecular formula is C22H26N2O3. The van der Waals surface area contributed by atoms with Crippen molar-refractivity contribution in [3.8, 4) is 11.3 Å². The third kappa shape index (κ3) is 4.56. The number of rotatable bonds is 9. The van der Waals surface area contributed by atoms with Crippen molar-refractivity contribution in [2.24, 2.45) is 0 Å². The Bertz CT molecular complexity index is 866. The van der Waals surface area contributed by atoms with Gasteiger partial charge in [0.05, 0.1) is 25.3 Å². The number of H-pyrrole nitrogens is 1. The van der Waals surface area contributed by atoms with E-state index in [0.29, 0.717) is 32.7 Å². The van der Waals surface area contributed by atoms with E-state index in [4.69, 9.17) is 9.47 Å². The van der Waals surface area contributed by atoms with E-state index >= 15 is 0 Å². The van der Waals surface area contributed by atoms with Crippen LogP contribution in [-0.2, 0) is 20.7 Å². The number of carbonyl (C=O) groups excluding carboxylic acids is 1. The number of hydrogen-bond donors (Lipinski definition) is 1. The van der Waals surface area contributed by atoms with Crippen molar-refractivity contribution >= 4 is 16.8 Å². The molecule has 5 heteroatoms. The Morgan fingerprint density at radius 1 is 0.926 bits per heavy atom. The molecule has 0 aliphatic rings. The van der Waals surface area contributed by atoms with Crippen LogP contribution >= 0.6 is 0 Å². The SMILES string of the molecule is COCCN(CCOC)C(=O)Cc1c(-c2ccccc2)[nH]c2ccccc12. The van der Waals surface area contributed by atoms with E-state index in [1.165, 1.54) is 0 Å². The fraction of sp³-hybridized carbons (Fsp3) is 0.318. The summed E-state index contributed by atoms with van der Waals surface area (Å²) < 4.78 is 10.3. The van der Waals surface area contributed by atoms with Crippen molar-refractivity contribution in [3.05, 3.63) is 60.2 Å². The minimum atomic E-state index is 0.0750. The molecular weight excluding hydrogens is 340 g/mol. The number of aromatic nitrogens is 1. The quantitative estimate of drug-likeness (QED) is 0.631. The third-order valence-electron chi connectivity index (χ3n) is 4.69. The maximum Gasteiger partial charge on any atom is 0.227 e. The van der Waals surface area contributed by atoms with Crippen LogP contribution in [0.25, 0.3) is 22.2 Å². The molecule has 0 fully saturated rings. The molecule has 27 heavy (non-hydrogen) atoms. The lowest BCUT2D eigenvalue weighted by atomic mass is 10.0. The normalized spacial score (nSPS) is 11.0. The minimum absolute atomic E-state index is 0.0750. The predicted octanol–water partition coefficient (Wildman–Crippen LogP) is 3.50.